The van der Waals surface area contributed by atoms with Gasteiger partial charge in [0.25, 0.3) is 5.91 Å². The van der Waals surface area contributed by atoms with E-state index in [-0.39, 0.29) is 17.9 Å². The maximum absolute atomic E-state index is 12.3. The molecule has 1 aliphatic heterocycles. The van der Waals surface area contributed by atoms with Gasteiger partial charge in [0.15, 0.2) is 0 Å². The molecular weight excluding hydrogens is 294 g/mol. The van der Waals surface area contributed by atoms with Crippen LogP contribution in [0.5, 0.6) is 0 Å². The quantitative estimate of drug-likeness (QED) is 0.813. The zero-order chi connectivity index (χ0) is 16.4. The number of hydrogen-bond donors (Lipinski definition) is 3. The molecule has 23 heavy (non-hydrogen) atoms. The van der Waals surface area contributed by atoms with Gasteiger partial charge < -0.3 is 20.4 Å². The van der Waals surface area contributed by atoms with Gasteiger partial charge in [-0.05, 0) is 44.2 Å². The van der Waals surface area contributed by atoms with Crippen molar-refractivity contribution in [2.24, 2.45) is 0 Å². The number of fused-ring (bicyclic) bond motifs is 1. The van der Waals surface area contributed by atoms with E-state index in [0.29, 0.717) is 30.0 Å². The van der Waals surface area contributed by atoms with Crippen molar-refractivity contribution < 1.29 is 14.0 Å². The lowest BCUT2D eigenvalue weighted by Crippen LogP contribution is -2.23. The minimum absolute atomic E-state index is 0.0145. The van der Waals surface area contributed by atoms with Crippen LogP contribution < -0.4 is 16.0 Å². The second-order valence-corrected chi connectivity index (χ2v) is 5.75. The Morgan fingerprint density at radius 1 is 1.30 bits per heavy atom. The Balaban J connectivity index is 1.73. The molecule has 0 spiro atoms. The summed E-state index contributed by atoms with van der Waals surface area (Å²) in [6.07, 6.45) is 0.397. The first-order valence-electron chi connectivity index (χ1n) is 7.55. The van der Waals surface area contributed by atoms with Crippen molar-refractivity contribution >= 4 is 23.2 Å². The van der Waals surface area contributed by atoms with Crippen molar-refractivity contribution in [3.05, 3.63) is 47.4 Å². The van der Waals surface area contributed by atoms with Crippen molar-refractivity contribution in [1.29, 1.82) is 0 Å². The Hall–Kier alpha value is -2.76. The van der Waals surface area contributed by atoms with Crippen LogP contribution in [0.25, 0.3) is 0 Å². The summed E-state index contributed by atoms with van der Waals surface area (Å²) in [6.45, 7) is 4.13. The van der Waals surface area contributed by atoms with Crippen LogP contribution in [-0.4, -0.2) is 17.9 Å². The highest BCUT2D eigenvalue weighted by atomic mass is 16.3. The summed E-state index contributed by atoms with van der Waals surface area (Å²) in [7, 11) is 0. The van der Waals surface area contributed by atoms with Crippen molar-refractivity contribution in [3.63, 3.8) is 0 Å². The summed E-state index contributed by atoms with van der Waals surface area (Å²) in [5.74, 6) is 1.30. The minimum Gasteiger partial charge on any atom is -0.465 e. The van der Waals surface area contributed by atoms with E-state index >= 15 is 0 Å². The van der Waals surface area contributed by atoms with Crippen LogP contribution >= 0.6 is 0 Å². The topological polar surface area (TPSA) is 83.4 Å². The number of carbonyl (C=O) groups excluding carboxylic acids is 2. The lowest BCUT2D eigenvalue weighted by Gasteiger charge is -2.13. The molecule has 3 N–H and O–H groups in total. The Labute approximate surface area is 134 Å². The molecule has 6 nitrogen and oxygen atoms in total. The predicted octanol–water partition coefficient (Wildman–Crippen LogP) is 2.66. The van der Waals surface area contributed by atoms with Crippen molar-refractivity contribution in [2.75, 3.05) is 10.6 Å². The predicted molar refractivity (Wildman–Crippen MR) is 87.4 cm³/mol. The Kier molecular flexibility index (Phi) is 4.06. The number of rotatable bonds is 3. The summed E-state index contributed by atoms with van der Waals surface area (Å²) in [5.41, 5.74) is 1.98. The van der Waals surface area contributed by atoms with E-state index in [1.165, 1.54) is 0 Å². The first-order chi connectivity index (χ1) is 11.0. The van der Waals surface area contributed by atoms with Gasteiger partial charge in [0.2, 0.25) is 5.91 Å². The van der Waals surface area contributed by atoms with Gasteiger partial charge in [0, 0.05) is 18.0 Å². The average Bonchev–Trinajstić information content (AvgIpc) is 2.85. The first kappa shape index (κ1) is 15.1. The van der Waals surface area contributed by atoms with E-state index in [1.807, 2.05) is 26.0 Å². The van der Waals surface area contributed by atoms with Crippen LogP contribution in [0.15, 0.2) is 34.7 Å². The monoisotopic (exact) mass is 313 g/mol. The molecule has 1 aliphatic rings. The number of carbonyl (C=O) groups is 2. The van der Waals surface area contributed by atoms with Crippen LogP contribution in [0.4, 0.5) is 11.4 Å². The zero-order valence-electron chi connectivity index (χ0n) is 13.1. The van der Waals surface area contributed by atoms with E-state index in [4.69, 9.17) is 4.42 Å². The molecule has 0 aliphatic carbocycles. The van der Waals surface area contributed by atoms with E-state index in [0.717, 1.165) is 11.4 Å². The normalized spacial score (nSPS) is 16.8. The Morgan fingerprint density at radius 3 is 2.87 bits per heavy atom. The maximum Gasteiger partial charge on any atom is 0.251 e. The highest BCUT2D eigenvalue weighted by molar-refractivity contribution is 6.00. The van der Waals surface area contributed by atoms with Gasteiger partial charge in [0.05, 0.1) is 17.9 Å². The van der Waals surface area contributed by atoms with Crippen molar-refractivity contribution in [2.45, 2.75) is 32.9 Å². The second kappa shape index (κ2) is 6.16. The number of benzene rings is 1. The molecule has 2 amide bonds. The summed E-state index contributed by atoms with van der Waals surface area (Å²) < 4.78 is 5.43. The van der Waals surface area contributed by atoms with E-state index in [9.17, 15) is 9.59 Å². The lowest BCUT2D eigenvalue weighted by molar-refractivity contribution is -0.116. The van der Waals surface area contributed by atoms with E-state index in [2.05, 4.69) is 16.0 Å². The molecule has 0 bridgehead atoms. The average molecular weight is 313 g/mol. The molecule has 1 aromatic heterocycles. The molecule has 1 aromatic carbocycles. The summed E-state index contributed by atoms with van der Waals surface area (Å²) in [5, 5.41) is 8.90. The Bertz CT molecular complexity index is 751. The lowest BCUT2D eigenvalue weighted by atomic mass is 10.1. The minimum atomic E-state index is -0.188. The van der Waals surface area contributed by atoms with Gasteiger partial charge in [-0.15, -0.1) is 0 Å². The molecule has 0 fully saturated rings. The molecule has 1 unspecified atom stereocenters. The highest BCUT2D eigenvalue weighted by Gasteiger charge is 2.18. The second-order valence-electron chi connectivity index (χ2n) is 5.75. The SMILES string of the molecule is Cc1ccc(CNC(=O)c2ccc3c(c2)NC(C)CC(=O)N3)o1. The third-order valence-corrected chi connectivity index (χ3v) is 3.67. The molecule has 2 aromatic rings. The smallest absolute Gasteiger partial charge is 0.251 e. The highest BCUT2D eigenvalue weighted by Crippen LogP contribution is 2.27. The molecule has 0 radical (unpaired) electrons. The number of hydrogen-bond acceptors (Lipinski definition) is 4. The van der Waals surface area contributed by atoms with Gasteiger partial charge in [-0.3, -0.25) is 9.59 Å². The van der Waals surface area contributed by atoms with Gasteiger partial charge in [-0.25, -0.2) is 0 Å². The number of furan rings is 1. The maximum atomic E-state index is 12.3. The number of aryl methyl sites for hydroxylation is 1. The molecule has 2 heterocycles. The third-order valence-electron chi connectivity index (χ3n) is 3.67. The first-order valence-corrected chi connectivity index (χ1v) is 7.55. The van der Waals surface area contributed by atoms with Gasteiger partial charge in [0.1, 0.15) is 11.5 Å². The molecule has 6 heteroatoms. The number of nitrogens with one attached hydrogen (secondary N) is 3. The van der Waals surface area contributed by atoms with Crippen LogP contribution in [0.3, 0.4) is 0 Å². The van der Waals surface area contributed by atoms with Crippen molar-refractivity contribution in [1.82, 2.24) is 5.32 Å². The van der Waals surface area contributed by atoms with Gasteiger partial charge in [-0.1, -0.05) is 0 Å². The molecule has 0 saturated heterocycles. The fourth-order valence-corrected chi connectivity index (χ4v) is 2.56. The van der Waals surface area contributed by atoms with Crippen LogP contribution in [0, 0.1) is 6.92 Å². The van der Waals surface area contributed by atoms with Crippen LogP contribution in [0.1, 0.15) is 35.2 Å². The zero-order valence-corrected chi connectivity index (χ0v) is 13.1. The number of amides is 2. The summed E-state index contributed by atoms with van der Waals surface area (Å²) >= 11 is 0. The fraction of sp³-hybridized carbons (Fsp3) is 0.294. The molecule has 1 atom stereocenters. The largest absolute Gasteiger partial charge is 0.465 e. The molecule has 3 rings (SSSR count). The van der Waals surface area contributed by atoms with Crippen molar-refractivity contribution in [3.8, 4) is 0 Å². The fourth-order valence-electron chi connectivity index (χ4n) is 2.56. The Morgan fingerprint density at radius 2 is 2.13 bits per heavy atom. The van der Waals surface area contributed by atoms with Gasteiger partial charge >= 0.3 is 0 Å². The van der Waals surface area contributed by atoms with E-state index < -0.39 is 0 Å². The molecule has 0 saturated carbocycles. The van der Waals surface area contributed by atoms with Crippen LogP contribution in [0.2, 0.25) is 0 Å². The molecule has 120 valence electrons. The van der Waals surface area contributed by atoms with Crippen LogP contribution in [-0.2, 0) is 11.3 Å². The third kappa shape index (κ3) is 3.53. The number of anilines is 2. The standard InChI is InChI=1S/C17H19N3O3/c1-10-7-16(21)20-14-6-4-12(8-15(14)19-10)17(22)18-9-13-5-3-11(2)23-13/h3-6,8,10,19H,7,9H2,1-2H3,(H,18,22)(H,20,21). The van der Waals surface area contributed by atoms with E-state index in [1.54, 1.807) is 18.2 Å². The summed E-state index contributed by atoms with van der Waals surface area (Å²) in [4.78, 5) is 24.0. The molecular formula is C17H19N3O3. The summed E-state index contributed by atoms with van der Waals surface area (Å²) in [6, 6.07) is 8.90. The van der Waals surface area contributed by atoms with Gasteiger partial charge in [-0.2, -0.15) is 0 Å².